The van der Waals surface area contributed by atoms with Gasteiger partial charge in [0, 0.05) is 43.0 Å². The van der Waals surface area contributed by atoms with Crippen LogP contribution in [0.1, 0.15) is 44.2 Å². The summed E-state index contributed by atoms with van der Waals surface area (Å²) in [5, 5.41) is 0. The summed E-state index contributed by atoms with van der Waals surface area (Å²) in [6.07, 6.45) is 8.26. The van der Waals surface area contributed by atoms with Crippen molar-refractivity contribution in [1.82, 2.24) is 24.3 Å². The second-order valence-electron chi connectivity index (χ2n) is 7.99. The van der Waals surface area contributed by atoms with Gasteiger partial charge in [-0.3, -0.25) is 9.20 Å². The number of rotatable bonds is 2. The van der Waals surface area contributed by atoms with E-state index >= 15 is 0 Å². The fourth-order valence-electron chi connectivity index (χ4n) is 4.60. The molecule has 3 aromatic rings. The van der Waals surface area contributed by atoms with Crippen LogP contribution in [0.5, 0.6) is 0 Å². The van der Waals surface area contributed by atoms with Crippen molar-refractivity contribution in [2.75, 3.05) is 13.1 Å². The number of hydrogen-bond acceptors (Lipinski definition) is 3. The Labute approximate surface area is 150 Å². The summed E-state index contributed by atoms with van der Waals surface area (Å²) in [6, 6.07) is 2.00. The maximum atomic E-state index is 13.8. The molecule has 1 saturated heterocycles. The van der Waals surface area contributed by atoms with Crippen molar-refractivity contribution >= 4 is 22.7 Å². The zero-order valence-electron chi connectivity index (χ0n) is 14.8. The summed E-state index contributed by atoms with van der Waals surface area (Å²) in [5.41, 5.74) is 2.61. The number of amides is 1. The largest absolute Gasteiger partial charge is 0.345 e. The van der Waals surface area contributed by atoms with Crippen molar-refractivity contribution < 1.29 is 9.18 Å². The lowest BCUT2D eigenvalue weighted by atomic mass is 9.72. The number of nitrogens with zero attached hydrogens (tertiary/aromatic N) is 4. The zero-order chi connectivity index (χ0) is 17.9. The van der Waals surface area contributed by atoms with E-state index in [1.165, 1.54) is 0 Å². The highest BCUT2D eigenvalue weighted by molar-refractivity contribution is 5.80. The molecule has 136 valence electrons. The Kier molecular flexibility index (Phi) is 3.36. The van der Waals surface area contributed by atoms with E-state index in [0.29, 0.717) is 19.4 Å². The van der Waals surface area contributed by atoms with Gasteiger partial charge in [0.15, 0.2) is 11.3 Å². The highest BCUT2D eigenvalue weighted by atomic mass is 19.1. The number of nitrogens with one attached hydrogen (secondary N) is 1. The summed E-state index contributed by atoms with van der Waals surface area (Å²) >= 11 is 0. The SMILES string of the molecule is CC1(F)CC(C(=O)N2CCC[C@@H](c3cnc4cnc5[nH]ccc5n34)C2)C1. The van der Waals surface area contributed by atoms with E-state index in [9.17, 15) is 9.18 Å². The first-order valence-electron chi connectivity index (χ1n) is 9.29. The fourth-order valence-corrected chi connectivity index (χ4v) is 4.60. The van der Waals surface area contributed by atoms with Crippen LogP contribution in [0, 0.1) is 5.92 Å². The number of aromatic nitrogens is 4. The highest BCUT2D eigenvalue weighted by Gasteiger charge is 2.46. The normalized spacial score (nSPS) is 29.2. The number of likely N-dealkylation sites (tertiary alicyclic amines) is 1. The van der Waals surface area contributed by atoms with Crippen LogP contribution < -0.4 is 0 Å². The van der Waals surface area contributed by atoms with Gasteiger partial charge in [-0.05, 0) is 38.7 Å². The smallest absolute Gasteiger partial charge is 0.225 e. The number of H-pyrrole nitrogens is 1. The van der Waals surface area contributed by atoms with Gasteiger partial charge in [-0.1, -0.05) is 0 Å². The molecular formula is C19H22FN5O. The van der Waals surface area contributed by atoms with Crippen molar-refractivity contribution in [3.63, 3.8) is 0 Å². The number of aromatic amines is 1. The number of imidazole rings is 1. The molecule has 1 atom stereocenters. The van der Waals surface area contributed by atoms with Gasteiger partial charge in [-0.2, -0.15) is 0 Å². The Morgan fingerprint density at radius 1 is 1.35 bits per heavy atom. The number of carbonyl (C=O) groups excluding carboxylic acids is 1. The third kappa shape index (κ3) is 2.40. The minimum absolute atomic E-state index is 0.118. The predicted octanol–water partition coefficient (Wildman–Crippen LogP) is 3.05. The first kappa shape index (κ1) is 15.8. The average molecular weight is 355 g/mol. The van der Waals surface area contributed by atoms with Gasteiger partial charge in [0.05, 0.1) is 11.7 Å². The number of piperidine rings is 1. The monoisotopic (exact) mass is 355 g/mol. The van der Waals surface area contributed by atoms with E-state index in [2.05, 4.69) is 19.4 Å². The van der Waals surface area contributed by atoms with E-state index < -0.39 is 5.67 Å². The molecule has 4 heterocycles. The Morgan fingerprint density at radius 3 is 3.00 bits per heavy atom. The zero-order valence-corrected chi connectivity index (χ0v) is 14.8. The van der Waals surface area contributed by atoms with E-state index in [1.54, 1.807) is 13.1 Å². The van der Waals surface area contributed by atoms with E-state index in [4.69, 9.17) is 0 Å². The standard InChI is InChI=1S/C19H22FN5O/c1-19(20)7-13(8-19)18(26)24-6-2-3-12(11-24)15-9-22-16-10-23-17-14(25(15)16)4-5-21-17/h4-5,9-10,12-13,21H,2-3,6-8,11H2,1H3/t12-,13?,19?/m1/s1. The van der Waals surface area contributed by atoms with E-state index in [0.717, 1.165) is 41.9 Å². The number of halogens is 1. The van der Waals surface area contributed by atoms with Crippen molar-refractivity contribution in [2.45, 2.75) is 44.2 Å². The van der Waals surface area contributed by atoms with Crippen LogP contribution in [-0.4, -0.2) is 48.9 Å². The summed E-state index contributed by atoms with van der Waals surface area (Å²) in [5.74, 6) is 0.207. The van der Waals surface area contributed by atoms with Crippen LogP contribution in [0.2, 0.25) is 0 Å². The summed E-state index contributed by atoms with van der Waals surface area (Å²) in [6.45, 7) is 3.04. The van der Waals surface area contributed by atoms with Gasteiger partial charge in [-0.15, -0.1) is 0 Å². The van der Waals surface area contributed by atoms with Gasteiger partial charge in [0.25, 0.3) is 0 Å². The molecule has 0 bridgehead atoms. The molecule has 1 N–H and O–H groups in total. The molecule has 0 radical (unpaired) electrons. The summed E-state index contributed by atoms with van der Waals surface area (Å²) in [4.78, 5) is 26.7. The first-order valence-corrected chi connectivity index (χ1v) is 9.29. The lowest BCUT2D eigenvalue weighted by molar-refractivity contribution is -0.145. The molecule has 6 nitrogen and oxygen atoms in total. The summed E-state index contributed by atoms with van der Waals surface area (Å²) in [7, 11) is 0. The highest BCUT2D eigenvalue weighted by Crippen LogP contribution is 2.42. The maximum absolute atomic E-state index is 13.8. The Balaban J connectivity index is 1.43. The van der Waals surface area contributed by atoms with Gasteiger partial charge >= 0.3 is 0 Å². The topological polar surface area (TPSA) is 66.3 Å². The van der Waals surface area contributed by atoms with E-state index in [1.807, 2.05) is 23.4 Å². The molecule has 0 spiro atoms. The van der Waals surface area contributed by atoms with Gasteiger partial charge < -0.3 is 9.88 Å². The quantitative estimate of drug-likeness (QED) is 0.768. The lowest BCUT2D eigenvalue weighted by Gasteiger charge is -2.42. The van der Waals surface area contributed by atoms with Crippen molar-refractivity contribution in [3.05, 3.63) is 30.4 Å². The number of carbonyl (C=O) groups is 1. The fraction of sp³-hybridized carbons (Fsp3) is 0.526. The van der Waals surface area contributed by atoms with Crippen LogP contribution in [0.15, 0.2) is 24.7 Å². The van der Waals surface area contributed by atoms with Crippen LogP contribution in [0.3, 0.4) is 0 Å². The molecule has 2 aliphatic rings. The van der Waals surface area contributed by atoms with E-state index in [-0.39, 0.29) is 17.7 Å². The van der Waals surface area contributed by atoms with Gasteiger partial charge in [0.2, 0.25) is 5.91 Å². The predicted molar refractivity (Wildman–Crippen MR) is 95.6 cm³/mol. The maximum Gasteiger partial charge on any atom is 0.225 e. The second-order valence-corrected chi connectivity index (χ2v) is 7.99. The van der Waals surface area contributed by atoms with Gasteiger partial charge in [-0.25, -0.2) is 14.4 Å². The van der Waals surface area contributed by atoms with Crippen molar-refractivity contribution in [3.8, 4) is 0 Å². The Morgan fingerprint density at radius 2 is 2.19 bits per heavy atom. The molecule has 5 rings (SSSR count). The second kappa shape index (κ2) is 5.53. The molecule has 1 aliphatic heterocycles. The lowest BCUT2D eigenvalue weighted by Crippen LogP contribution is -2.49. The molecule has 2 fully saturated rings. The van der Waals surface area contributed by atoms with Crippen LogP contribution in [0.4, 0.5) is 4.39 Å². The Hall–Kier alpha value is -2.44. The molecule has 0 unspecified atom stereocenters. The van der Waals surface area contributed by atoms with Gasteiger partial charge in [0.1, 0.15) is 5.67 Å². The number of fused-ring (bicyclic) bond motifs is 3. The van der Waals surface area contributed by atoms with Crippen LogP contribution in [0.25, 0.3) is 16.8 Å². The average Bonchev–Trinajstić information content (AvgIpc) is 3.24. The molecule has 1 amide bonds. The van der Waals surface area contributed by atoms with Crippen LogP contribution >= 0.6 is 0 Å². The minimum atomic E-state index is -1.16. The molecule has 1 aliphatic carbocycles. The Bertz CT molecular complexity index is 982. The molecule has 26 heavy (non-hydrogen) atoms. The molecule has 7 heteroatoms. The van der Waals surface area contributed by atoms with Crippen LogP contribution in [-0.2, 0) is 4.79 Å². The molecule has 1 saturated carbocycles. The number of alkyl halides is 1. The third-order valence-electron chi connectivity index (χ3n) is 5.91. The number of hydrogen-bond donors (Lipinski definition) is 1. The minimum Gasteiger partial charge on any atom is -0.345 e. The molecular weight excluding hydrogens is 333 g/mol. The van der Waals surface area contributed by atoms with Crippen molar-refractivity contribution in [1.29, 1.82) is 0 Å². The van der Waals surface area contributed by atoms with Crippen molar-refractivity contribution in [2.24, 2.45) is 5.92 Å². The molecule has 0 aromatic carbocycles. The molecule has 3 aromatic heterocycles. The first-order chi connectivity index (χ1) is 12.5. The third-order valence-corrected chi connectivity index (χ3v) is 5.91. The summed E-state index contributed by atoms with van der Waals surface area (Å²) < 4.78 is 15.9.